The molecular formula is C43H50N6O7. The summed E-state index contributed by atoms with van der Waals surface area (Å²) in [4.78, 5) is 69.3. The Kier molecular flexibility index (Phi) is 12.2. The van der Waals surface area contributed by atoms with Crippen molar-refractivity contribution in [3.8, 4) is 0 Å². The van der Waals surface area contributed by atoms with Crippen LogP contribution < -0.4 is 16.1 Å². The maximum absolute atomic E-state index is 13.6. The van der Waals surface area contributed by atoms with Gasteiger partial charge in [-0.25, -0.2) is 5.48 Å². The van der Waals surface area contributed by atoms with E-state index in [1.807, 2.05) is 30.3 Å². The number of hydrogen-bond acceptors (Lipinski definition) is 9. The van der Waals surface area contributed by atoms with E-state index >= 15 is 0 Å². The fourth-order valence-electron chi connectivity index (χ4n) is 7.33. The predicted molar refractivity (Wildman–Crippen MR) is 213 cm³/mol. The number of benzene rings is 3. The van der Waals surface area contributed by atoms with E-state index in [-0.39, 0.29) is 34.8 Å². The molecule has 0 spiro atoms. The zero-order valence-corrected chi connectivity index (χ0v) is 32.3. The molecule has 0 aliphatic carbocycles. The SMILES string of the molecule is CC(C)(CNc1cccc2c1C(=O)N(C1CCC(=O)NC1=O)C2=O)COCC(C)(C)CN(CCc1c[nH]c2ccccc12)Cc1ccc(/C=C/C(=O)NO)cc1. The number of hydrogen-bond donors (Lipinski definition) is 5. The van der Waals surface area contributed by atoms with Gasteiger partial charge in [-0.05, 0) is 53.8 Å². The molecule has 6 rings (SSSR count). The number of rotatable bonds is 17. The summed E-state index contributed by atoms with van der Waals surface area (Å²) in [6, 6.07) is 20.3. The zero-order chi connectivity index (χ0) is 40.0. The molecule has 2 aliphatic rings. The average molecular weight is 763 g/mol. The highest BCUT2D eigenvalue weighted by molar-refractivity contribution is 6.25. The van der Waals surface area contributed by atoms with Crippen LogP contribution in [0.5, 0.6) is 0 Å². The molecule has 56 heavy (non-hydrogen) atoms. The summed E-state index contributed by atoms with van der Waals surface area (Å²) < 4.78 is 6.40. The van der Waals surface area contributed by atoms with Crippen molar-refractivity contribution in [3.63, 3.8) is 0 Å². The fourth-order valence-corrected chi connectivity index (χ4v) is 7.33. The first-order chi connectivity index (χ1) is 26.7. The molecule has 1 aromatic heterocycles. The molecule has 0 bridgehead atoms. The molecule has 3 heterocycles. The largest absolute Gasteiger partial charge is 0.384 e. The first-order valence-corrected chi connectivity index (χ1v) is 18.9. The van der Waals surface area contributed by atoms with Gasteiger partial charge in [-0.1, -0.05) is 76.2 Å². The van der Waals surface area contributed by atoms with Gasteiger partial charge < -0.3 is 15.0 Å². The molecule has 5 amide bonds. The highest BCUT2D eigenvalue weighted by Crippen LogP contribution is 2.33. The summed E-state index contributed by atoms with van der Waals surface area (Å²) in [7, 11) is 0. The number of H-pyrrole nitrogens is 1. The van der Waals surface area contributed by atoms with Gasteiger partial charge in [0, 0.05) is 72.3 Å². The summed E-state index contributed by atoms with van der Waals surface area (Å²) in [6.45, 7) is 12.2. The third kappa shape index (κ3) is 9.59. The van der Waals surface area contributed by atoms with Crippen LogP contribution in [-0.2, 0) is 32.1 Å². The lowest BCUT2D eigenvalue weighted by Crippen LogP contribution is -2.54. The molecule has 5 N–H and O–H groups in total. The van der Waals surface area contributed by atoms with Crippen LogP contribution in [0, 0.1) is 10.8 Å². The van der Waals surface area contributed by atoms with Crippen molar-refractivity contribution in [1.29, 1.82) is 0 Å². The van der Waals surface area contributed by atoms with Crippen LogP contribution in [0.25, 0.3) is 17.0 Å². The number of para-hydroxylation sites is 1. The van der Waals surface area contributed by atoms with E-state index < -0.39 is 35.6 Å². The Morgan fingerprint density at radius 2 is 1.71 bits per heavy atom. The highest BCUT2D eigenvalue weighted by atomic mass is 16.5. The number of fused-ring (bicyclic) bond motifs is 2. The molecule has 3 aromatic carbocycles. The van der Waals surface area contributed by atoms with Crippen LogP contribution in [-0.4, -0.2) is 88.4 Å². The van der Waals surface area contributed by atoms with Gasteiger partial charge >= 0.3 is 0 Å². The number of nitrogens with one attached hydrogen (secondary N) is 4. The Morgan fingerprint density at radius 1 is 0.964 bits per heavy atom. The Bertz CT molecular complexity index is 2140. The van der Waals surface area contributed by atoms with E-state index in [2.05, 4.69) is 72.6 Å². The van der Waals surface area contributed by atoms with Crippen molar-refractivity contribution in [1.82, 2.24) is 25.6 Å². The number of carbonyl (C=O) groups is 5. The van der Waals surface area contributed by atoms with Crippen LogP contribution in [0.15, 0.2) is 79.0 Å². The summed E-state index contributed by atoms with van der Waals surface area (Å²) in [5.74, 6) is -2.73. The smallest absolute Gasteiger partial charge is 0.267 e. The number of imide groups is 2. The predicted octanol–water partition coefficient (Wildman–Crippen LogP) is 5.31. The normalized spacial score (nSPS) is 16.2. The molecule has 4 aromatic rings. The molecule has 13 nitrogen and oxygen atoms in total. The summed E-state index contributed by atoms with van der Waals surface area (Å²) in [5.41, 5.74) is 6.36. The van der Waals surface area contributed by atoms with Crippen molar-refractivity contribution in [2.24, 2.45) is 10.8 Å². The number of ether oxygens (including phenoxy) is 1. The molecule has 1 atom stereocenters. The number of anilines is 1. The molecule has 0 radical (unpaired) electrons. The lowest BCUT2D eigenvalue weighted by Gasteiger charge is -2.34. The Morgan fingerprint density at radius 3 is 2.46 bits per heavy atom. The van der Waals surface area contributed by atoms with Crippen LogP contribution in [0.1, 0.15) is 77.9 Å². The lowest BCUT2D eigenvalue weighted by atomic mass is 9.92. The van der Waals surface area contributed by atoms with Gasteiger partial charge in [0.05, 0.1) is 24.3 Å². The minimum Gasteiger partial charge on any atom is -0.384 e. The number of nitrogens with zero attached hydrogens (tertiary/aromatic N) is 2. The van der Waals surface area contributed by atoms with Crippen LogP contribution >= 0.6 is 0 Å². The Labute approximate surface area is 326 Å². The van der Waals surface area contributed by atoms with Crippen LogP contribution in [0.4, 0.5) is 5.69 Å². The third-order valence-corrected chi connectivity index (χ3v) is 10.2. The van der Waals surface area contributed by atoms with Gasteiger partial charge in [-0.15, -0.1) is 0 Å². The topological polar surface area (TPSA) is 173 Å². The van der Waals surface area contributed by atoms with Gasteiger partial charge in [0.2, 0.25) is 11.8 Å². The quantitative estimate of drug-likeness (QED) is 0.0414. The summed E-state index contributed by atoms with van der Waals surface area (Å²) in [6.07, 6.45) is 6.03. The highest BCUT2D eigenvalue weighted by Gasteiger charge is 2.45. The lowest BCUT2D eigenvalue weighted by molar-refractivity contribution is -0.136. The molecule has 2 aliphatic heterocycles. The van der Waals surface area contributed by atoms with E-state index in [1.54, 1.807) is 29.8 Å². The van der Waals surface area contributed by atoms with E-state index in [0.29, 0.717) is 32.0 Å². The van der Waals surface area contributed by atoms with Crippen molar-refractivity contribution in [2.45, 2.75) is 59.5 Å². The van der Waals surface area contributed by atoms with Crippen LogP contribution in [0.2, 0.25) is 0 Å². The molecule has 294 valence electrons. The minimum atomic E-state index is -1.03. The molecule has 13 heteroatoms. The van der Waals surface area contributed by atoms with Crippen molar-refractivity contribution in [2.75, 3.05) is 38.2 Å². The van der Waals surface area contributed by atoms with Crippen molar-refractivity contribution < 1.29 is 33.9 Å². The second-order valence-corrected chi connectivity index (χ2v) is 16.2. The number of piperidine rings is 1. The minimum absolute atomic E-state index is 0.0608. The van der Waals surface area contributed by atoms with Gasteiger partial charge in [0.15, 0.2) is 0 Å². The summed E-state index contributed by atoms with van der Waals surface area (Å²) >= 11 is 0. The zero-order valence-electron chi connectivity index (χ0n) is 32.3. The number of aromatic nitrogens is 1. The van der Waals surface area contributed by atoms with Crippen LogP contribution in [0.3, 0.4) is 0 Å². The monoisotopic (exact) mass is 762 g/mol. The molecule has 1 fully saturated rings. The van der Waals surface area contributed by atoms with Gasteiger partial charge in [0.1, 0.15) is 6.04 Å². The standard InChI is InChI=1S/C43H50N6O7/c1-42(2,24-45-34-11-7-9-32-38(34)41(54)49(40(32)53)35-17-19-36(50)46-39(35)52)26-56-27-43(3,4)25-48(21-20-30-22-44-33-10-6-5-8-31(30)33)23-29-14-12-28(13-15-29)16-18-37(51)47-55/h5-16,18,22,35,44-45,55H,17,19-21,23-27H2,1-4H3,(H,47,51)(H,46,50,52)/b18-16+. The third-order valence-electron chi connectivity index (χ3n) is 10.2. The van der Waals surface area contributed by atoms with E-state index in [0.717, 1.165) is 41.1 Å². The number of amides is 5. The van der Waals surface area contributed by atoms with E-state index in [1.165, 1.54) is 17.0 Å². The van der Waals surface area contributed by atoms with Gasteiger partial charge in [-0.2, -0.15) is 0 Å². The number of hydroxylamine groups is 1. The second-order valence-electron chi connectivity index (χ2n) is 16.2. The molecular weight excluding hydrogens is 713 g/mol. The fraction of sp³-hybridized carbons (Fsp3) is 0.372. The van der Waals surface area contributed by atoms with Crippen molar-refractivity contribution >= 4 is 52.2 Å². The Balaban J connectivity index is 1.07. The second kappa shape index (κ2) is 17.0. The molecule has 1 saturated heterocycles. The molecule has 1 unspecified atom stereocenters. The summed E-state index contributed by atoms with van der Waals surface area (Å²) in [5, 5.41) is 15.6. The van der Waals surface area contributed by atoms with Gasteiger partial charge in [-0.3, -0.25) is 44.3 Å². The average Bonchev–Trinajstić information content (AvgIpc) is 3.69. The van der Waals surface area contributed by atoms with Crippen molar-refractivity contribution in [3.05, 3.63) is 107 Å². The number of carbonyl (C=O) groups excluding carboxylic acids is 5. The number of aromatic amines is 1. The maximum atomic E-state index is 13.6. The Hall–Kier alpha value is -5.63. The maximum Gasteiger partial charge on any atom is 0.267 e. The van der Waals surface area contributed by atoms with E-state index in [9.17, 15) is 24.0 Å². The van der Waals surface area contributed by atoms with Gasteiger partial charge in [0.25, 0.3) is 17.7 Å². The molecule has 0 saturated carbocycles. The first-order valence-electron chi connectivity index (χ1n) is 18.9. The first kappa shape index (κ1) is 40.0. The van der Waals surface area contributed by atoms with E-state index in [4.69, 9.17) is 9.94 Å².